The number of nitrogens with one attached hydrogen (secondary N) is 1. The fraction of sp³-hybridized carbons (Fsp3) is 0.600. The minimum Gasteiger partial charge on any atom is -0.310 e. The number of hydrogen-bond acceptors (Lipinski definition) is 3. The van der Waals surface area contributed by atoms with Crippen LogP contribution in [0.2, 0.25) is 0 Å². The third kappa shape index (κ3) is 4.00. The van der Waals surface area contributed by atoms with Crippen LogP contribution in [0.5, 0.6) is 0 Å². The van der Waals surface area contributed by atoms with E-state index in [1.807, 2.05) is 0 Å². The standard InChI is InChI=1S/C15H21FN2O2/c1-11(8-12-4-2-3-5-12)17-10-13-9-14(16)6-7-15(13)18(19)20/h6-7,9,11-12,17H,2-5,8,10H2,1H3/t11-/m0/s1. The summed E-state index contributed by atoms with van der Waals surface area (Å²) in [5, 5.41) is 14.2. The molecule has 1 aliphatic carbocycles. The molecule has 1 fully saturated rings. The van der Waals surface area contributed by atoms with E-state index in [0.717, 1.165) is 18.4 Å². The molecule has 0 bridgehead atoms. The van der Waals surface area contributed by atoms with Crippen LogP contribution in [0.1, 0.15) is 44.6 Å². The first-order valence-electron chi connectivity index (χ1n) is 7.22. The summed E-state index contributed by atoms with van der Waals surface area (Å²) in [5.41, 5.74) is 0.389. The van der Waals surface area contributed by atoms with Crippen LogP contribution in [-0.4, -0.2) is 11.0 Å². The van der Waals surface area contributed by atoms with Crippen LogP contribution in [0, 0.1) is 21.8 Å². The molecule has 0 amide bonds. The largest absolute Gasteiger partial charge is 0.310 e. The van der Waals surface area contributed by atoms with Crippen molar-refractivity contribution in [2.75, 3.05) is 0 Å². The Labute approximate surface area is 118 Å². The average Bonchev–Trinajstić information content (AvgIpc) is 2.89. The van der Waals surface area contributed by atoms with Gasteiger partial charge in [0.05, 0.1) is 4.92 Å². The Hall–Kier alpha value is -1.49. The van der Waals surface area contributed by atoms with Crippen LogP contribution >= 0.6 is 0 Å². The summed E-state index contributed by atoms with van der Waals surface area (Å²) in [6.45, 7) is 2.42. The predicted octanol–water partition coefficient (Wildman–Crippen LogP) is 3.79. The Kier molecular flexibility index (Phi) is 5.06. The molecule has 0 aliphatic heterocycles. The number of rotatable bonds is 6. The van der Waals surface area contributed by atoms with Gasteiger partial charge in [-0.1, -0.05) is 25.7 Å². The SMILES string of the molecule is C[C@@H](CC1CCCC1)NCc1cc(F)ccc1[N+](=O)[O-]. The molecule has 0 saturated heterocycles. The maximum atomic E-state index is 13.2. The van der Waals surface area contributed by atoms with Crippen LogP contribution in [0.15, 0.2) is 18.2 Å². The van der Waals surface area contributed by atoms with Crippen molar-refractivity contribution in [3.05, 3.63) is 39.7 Å². The molecule has 1 atom stereocenters. The third-order valence-electron chi connectivity index (χ3n) is 4.04. The highest BCUT2D eigenvalue weighted by Crippen LogP contribution is 2.28. The quantitative estimate of drug-likeness (QED) is 0.637. The Morgan fingerprint density at radius 3 is 2.80 bits per heavy atom. The number of halogens is 1. The summed E-state index contributed by atoms with van der Waals surface area (Å²) < 4.78 is 13.2. The molecule has 4 nitrogen and oxygen atoms in total. The lowest BCUT2D eigenvalue weighted by Crippen LogP contribution is -2.27. The molecule has 0 radical (unpaired) electrons. The minimum absolute atomic E-state index is 0.0213. The van der Waals surface area contributed by atoms with E-state index in [-0.39, 0.29) is 5.69 Å². The van der Waals surface area contributed by atoms with E-state index >= 15 is 0 Å². The first kappa shape index (κ1) is 14.9. The third-order valence-corrected chi connectivity index (χ3v) is 4.04. The van der Waals surface area contributed by atoms with E-state index in [1.165, 1.54) is 37.8 Å². The van der Waals surface area contributed by atoms with Crippen LogP contribution in [-0.2, 0) is 6.54 Å². The normalized spacial score (nSPS) is 17.3. The summed E-state index contributed by atoms with van der Waals surface area (Å²) in [6.07, 6.45) is 6.28. The van der Waals surface area contributed by atoms with E-state index in [2.05, 4.69) is 12.2 Å². The van der Waals surface area contributed by atoms with Gasteiger partial charge in [0.2, 0.25) is 0 Å². The van der Waals surface area contributed by atoms with Crippen LogP contribution in [0.3, 0.4) is 0 Å². The van der Waals surface area contributed by atoms with Crippen molar-refractivity contribution in [1.82, 2.24) is 5.32 Å². The summed E-state index contributed by atoms with van der Waals surface area (Å²) in [6, 6.07) is 3.89. The van der Waals surface area contributed by atoms with E-state index in [9.17, 15) is 14.5 Å². The summed E-state index contributed by atoms with van der Waals surface area (Å²) >= 11 is 0. The molecule has 1 saturated carbocycles. The van der Waals surface area contributed by atoms with Crippen LogP contribution in [0.25, 0.3) is 0 Å². The van der Waals surface area contributed by atoms with Gasteiger partial charge in [-0.25, -0.2) is 4.39 Å². The second-order valence-corrected chi connectivity index (χ2v) is 5.70. The van der Waals surface area contributed by atoms with Gasteiger partial charge in [0.15, 0.2) is 0 Å². The van der Waals surface area contributed by atoms with Gasteiger partial charge in [0, 0.05) is 24.2 Å². The molecule has 1 aromatic rings. The van der Waals surface area contributed by atoms with Crippen molar-refractivity contribution in [3.8, 4) is 0 Å². The van der Waals surface area contributed by atoms with Gasteiger partial charge < -0.3 is 5.32 Å². The van der Waals surface area contributed by atoms with Crippen molar-refractivity contribution in [2.24, 2.45) is 5.92 Å². The van der Waals surface area contributed by atoms with Gasteiger partial charge in [-0.3, -0.25) is 10.1 Å². The van der Waals surface area contributed by atoms with E-state index in [0.29, 0.717) is 18.2 Å². The lowest BCUT2D eigenvalue weighted by molar-refractivity contribution is -0.385. The highest BCUT2D eigenvalue weighted by atomic mass is 19.1. The first-order chi connectivity index (χ1) is 9.56. The van der Waals surface area contributed by atoms with Crippen LogP contribution in [0.4, 0.5) is 10.1 Å². The Bertz CT molecular complexity index is 473. The molecule has 0 unspecified atom stereocenters. The predicted molar refractivity (Wildman–Crippen MR) is 75.9 cm³/mol. The van der Waals surface area contributed by atoms with Gasteiger partial charge >= 0.3 is 0 Å². The highest BCUT2D eigenvalue weighted by molar-refractivity contribution is 5.40. The molecule has 110 valence electrons. The molecular weight excluding hydrogens is 259 g/mol. The second-order valence-electron chi connectivity index (χ2n) is 5.70. The van der Waals surface area contributed by atoms with E-state index in [4.69, 9.17) is 0 Å². The van der Waals surface area contributed by atoms with E-state index < -0.39 is 10.7 Å². The molecule has 0 heterocycles. The van der Waals surface area contributed by atoms with Gasteiger partial charge in [0.1, 0.15) is 5.82 Å². The molecular formula is C15H21FN2O2. The lowest BCUT2D eigenvalue weighted by atomic mass is 9.99. The van der Waals surface area contributed by atoms with Crippen molar-refractivity contribution in [2.45, 2.75) is 51.6 Å². The molecule has 2 rings (SSSR count). The van der Waals surface area contributed by atoms with Crippen molar-refractivity contribution >= 4 is 5.69 Å². The van der Waals surface area contributed by atoms with Gasteiger partial charge in [-0.2, -0.15) is 0 Å². The molecule has 0 aromatic heterocycles. The molecule has 0 spiro atoms. The highest BCUT2D eigenvalue weighted by Gasteiger charge is 2.19. The minimum atomic E-state index is -0.460. The summed E-state index contributed by atoms with van der Waals surface area (Å²) in [7, 11) is 0. The molecule has 1 aromatic carbocycles. The zero-order chi connectivity index (χ0) is 14.5. The number of nitro groups is 1. The Balaban J connectivity index is 1.92. The van der Waals surface area contributed by atoms with E-state index in [1.54, 1.807) is 0 Å². The smallest absolute Gasteiger partial charge is 0.274 e. The van der Waals surface area contributed by atoms with Crippen molar-refractivity contribution in [1.29, 1.82) is 0 Å². The zero-order valence-corrected chi connectivity index (χ0v) is 11.8. The number of benzene rings is 1. The zero-order valence-electron chi connectivity index (χ0n) is 11.8. The molecule has 1 N–H and O–H groups in total. The van der Waals surface area contributed by atoms with Gasteiger partial charge in [0.25, 0.3) is 5.69 Å². The first-order valence-corrected chi connectivity index (χ1v) is 7.22. The molecule has 20 heavy (non-hydrogen) atoms. The maximum absolute atomic E-state index is 13.2. The maximum Gasteiger partial charge on any atom is 0.274 e. The summed E-state index contributed by atoms with van der Waals surface area (Å²) in [5.74, 6) is 0.329. The molecule has 5 heteroatoms. The van der Waals surface area contributed by atoms with Crippen molar-refractivity contribution in [3.63, 3.8) is 0 Å². The number of nitro benzene ring substituents is 1. The summed E-state index contributed by atoms with van der Waals surface area (Å²) in [4.78, 5) is 10.5. The van der Waals surface area contributed by atoms with Gasteiger partial charge in [-0.05, 0) is 31.4 Å². The number of nitrogens with zero attached hydrogens (tertiary/aromatic N) is 1. The Morgan fingerprint density at radius 1 is 1.45 bits per heavy atom. The fourth-order valence-electron chi connectivity index (χ4n) is 2.99. The Morgan fingerprint density at radius 2 is 2.15 bits per heavy atom. The van der Waals surface area contributed by atoms with Crippen LogP contribution < -0.4 is 5.32 Å². The average molecular weight is 280 g/mol. The monoisotopic (exact) mass is 280 g/mol. The fourth-order valence-corrected chi connectivity index (χ4v) is 2.99. The van der Waals surface area contributed by atoms with Gasteiger partial charge in [-0.15, -0.1) is 0 Å². The second kappa shape index (κ2) is 6.79. The lowest BCUT2D eigenvalue weighted by Gasteiger charge is -2.17. The number of hydrogen-bond donors (Lipinski definition) is 1. The van der Waals surface area contributed by atoms with Crippen molar-refractivity contribution < 1.29 is 9.31 Å². The topological polar surface area (TPSA) is 55.2 Å². The molecule has 1 aliphatic rings.